The van der Waals surface area contributed by atoms with Crippen LogP contribution in [0.5, 0.6) is 11.5 Å². The van der Waals surface area contributed by atoms with E-state index in [1.807, 2.05) is 12.1 Å². The monoisotopic (exact) mass is 377 g/mol. The van der Waals surface area contributed by atoms with Crippen molar-refractivity contribution in [3.63, 3.8) is 0 Å². The first-order valence-corrected chi connectivity index (χ1v) is 7.43. The van der Waals surface area contributed by atoms with Crippen LogP contribution in [-0.2, 0) is 17.1 Å². The van der Waals surface area contributed by atoms with Gasteiger partial charge in [-0.05, 0) is 23.3 Å². The minimum absolute atomic E-state index is 0. The summed E-state index contributed by atoms with van der Waals surface area (Å²) in [4.78, 5) is 8.71. The second kappa shape index (κ2) is 8.83. The zero-order chi connectivity index (χ0) is 16.8. The maximum absolute atomic E-state index is 11.7. The van der Waals surface area contributed by atoms with Crippen LogP contribution in [0.25, 0.3) is 0 Å². The molecular weight excluding hydrogens is 364 g/mol. The second-order valence-corrected chi connectivity index (χ2v) is 5.08. The molecule has 3 aromatic rings. The molecule has 127 valence electrons. The second-order valence-electron chi connectivity index (χ2n) is 5.08. The summed E-state index contributed by atoms with van der Waals surface area (Å²) in [6.07, 6.45) is 3.05. The Bertz CT molecular complexity index is 833. The van der Waals surface area contributed by atoms with Gasteiger partial charge >= 0.3 is 17.1 Å². The van der Waals surface area contributed by atoms with Crippen LogP contribution in [0.1, 0.15) is 11.1 Å². The molecule has 0 bridgehead atoms. The van der Waals surface area contributed by atoms with E-state index in [9.17, 15) is 10.2 Å². The van der Waals surface area contributed by atoms with Crippen molar-refractivity contribution in [3.05, 3.63) is 83.9 Å². The van der Waals surface area contributed by atoms with Gasteiger partial charge in [0.1, 0.15) is 0 Å². The van der Waals surface area contributed by atoms with Gasteiger partial charge < -0.3 is 10.2 Å². The van der Waals surface area contributed by atoms with Crippen LogP contribution in [0.2, 0.25) is 0 Å². The average Bonchev–Trinajstić information content (AvgIpc) is 2.61. The third-order valence-electron chi connectivity index (χ3n) is 3.41. The molecule has 0 aliphatic heterocycles. The summed E-state index contributed by atoms with van der Waals surface area (Å²) in [6, 6.07) is 20.7. The summed E-state index contributed by atoms with van der Waals surface area (Å²) < 4.78 is 0. The van der Waals surface area contributed by atoms with Crippen molar-refractivity contribution in [1.82, 2.24) is 0 Å². The van der Waals surface area contributed by atoms with Crippen molar-refractivity contribution in [2.24, 2.45) is 9.98 Å². The molecule has 0 fully saturated rings. The first-order chi connectivity index (χ1) is 11.7. The van der Waals surface area contributed by atoms with Crippen molar-refractivity contribution in [2.45, 2.75) is 0 Å². The fourth-order valence-electron chi connectivity index (χ4n) is 2.14. The molecule has 0 aliphatic carbocycles. The SMILES string of the molecule is [Cu+2].[O-]c1ccccc1C=Nc1ccccc1N=Cc1ccccc1[O-]. The van der Waals surface area contributed by atoms with Gasteiger partial charge in [0.15, 0.2) is 0 Å². The van der Waals surface area contributed by atoms with E-state index >= 15 is 0 Å². The topological polar surface area (TPSA) is 70.8 Å². The molecule has 4 nitrogen and oxygen atoms in total. The van der Waals surface area contributed by atoms with Gasteiger partial charge in [-0.2, -0.15) is 0 Å². The Balaban J connectivity index is 0.00000225. The van der Waals surface area contributed by atoms with Crippen LogP contribution in [0.4, 0.5) is 11.4 Å². The number of para-hydroxylation sites is 4. The summed E-state index contributed by atoms with van der Waals surface area (Å²) in [5, 5.41) is 23.4. The Labute approximate surface area is 156 Å². The maximum Gasteiger partial charge on any atom is 2.00 e. The minimum Gasteiger partial charge on any atom is -0.872 e. The summed E-state index contributed by atoms with van der Waals surface area (Å²) in [5.41, 5.74) is 2.28. The number of nitrogens with zero attached hydrogens (tertiary/aromatic N) is 2. The Morgan fingerprint density at radius 2 is 0.920 bits per heavy atom. The molecule has 3 rings (SSSR count). The van der Waals surface area contributed by atoms with Crippen LogP contribution < -0.4 is 10.2 Å². The third-order valence-corrected chi connectivity index (χ3v) is 3.41. The zero-order valence-electron chi connectivity index (χ0n) is 13.1. The van der Waals surface area contributed by atoms with Crippen molar-refractivity contribution < 1.29 is 27.3 Å². The molecular formula is C20H14CuN2O2. The molecule has 0 heterocycles. The summed E-state index contributed by atoms with van der Waals surface area (Å²) >= 11 is 0. The van der Waals surface area contributed by atoms with Gasteiger partial charge in [0, 0.05) is 12.4 Å². The largest absolute Gasteiger partial charge is 2.00 e. The predicted molar refractivity (Wildman–Crippen MR) is 92.7 cm³/mol. The van der Waals surface area contributed by atoms with E-state index in [-0.39, 0.29) is 28.6 Å². The molecule has 0 unspecified atom stereocenters. The maximum atomic E-state index is 11.7. The van der Waals surface area contributed by atoms with Crippen molar-refractivity contribution in [1.29, 1.82) is 0 Å². The van der Waals surface area contributed by atoms with Gasteiger partial charge in [0.05, 0.1) is 11.4 Å². The molecule has 0 aromatic heterocycles. The predicted octanol–water partition coefficient (Wildman–Crippen LogP) is 3.33. The van der Waals surface area contributed by atoms with E-state index in [1.165, 1.54) is 24.6 Å². The van der Waals surface area contributed by atoms with Crippen LogP contribution in [0.3, 0.4) is 0 Å². The number of benzene rings is 3. The molecule has 0 aliphatic rings. The van der Waals surface area contributed by atoms with E-state index in [0.717, 1.165) is 0 Å². The van der Waals surface area contributed by atoms with E-state index in [0.29, 0.717) is 22.5 Å². The molecule has 3 aromatic carbocycles. The number of aliphatic imine (C=N–C) groups is 2. The number of hydrogen-bond donors (Lipinski definition) is 0. The van der Waals surface area contributed by atoms with Gasteiger partial charge in [-0.25, -0.2) is 0 Å². The minimum atomic E-state index is -0.0810. The molecule has 5 heteroatoms. The smallest absolute Gasteiger partial charge is 0.872 e. The van der Waals surface area contributed by atoms with E-state index in [2.05, 4.69) is 9.98 Å². The third kappa shape index (κ3) is 4.80. The molecule has 0 saturated heterocycles. The first kappa shape index (κ1) is 18.5. The van der Waals surface area contributed by atoms with E-state index < -0.39 is 0 Å². The standard InChI is InChI=1S/C20H16N2O2.Cu/c23-19-11-5-1-7-15(19)13-21-17-9-3-4-10-18(17)22-14-16-8-2-6-12-20(16)24;/h1-14,23-24H;/q;+2/p-2. The Morgan fingerprint density at radius 1 is 0.560 bits per heavy atom. The number of rotatable bonds is 4. The number of hydrogen-bond acceptors (Lipinski definition) is 4. The van der Waals surface area contributed by atoms with E-state index in [4.69, 9.17) is 0 Å². The van der Waals surface area contributed by atoms with Crippen molar-refractivity contribution >= 4 is 23.8 Å². The molecule has 0 saturated carbocycles. The molecule has 0 atom stereocenters. The van der Waals surface area contributed by atoms with Crippen molar-refractivity contribution in [3.8, 4) is 11.5 Å². The van der Waals surface area contributed by atoms with Crippen LogP contribution >= 0.6 is 0 Å². The normalized spacial score (nSPS) is 10.9. The van der Waals surface area contributed by atoms with Gasteiger partial charge in [-0.3, -0.25) is 9.98 Å². The summed E-state index contributed by atoms with van der Waals surface area (Å²) in [7, 11) is 0. The fourth-order valence-corrected chi connectivity index (χ4v) is 2.14. The Hall–Kier alpha value is -2.88. The zero-order valence-corrected chi connectivity index (χ0v) is 14.0. The quantitative estimate of drug-likeness (QED) is 0.516. The molecule has 1 radical (unpaired) electrons. The van der Waals surface area contributed by atoms with Crippen LogP contribution in [-0.4, -0.2) is 12.4 Å². The Morgan fingerprint density at radius 3 is 1.32 bits per heavy atom. The molecule has 25 heavy (non-hydrogen) atoms. The molecule has 0 spiro atoms. The van der Waals surface area contributed by atoms with E-state index in [1.54, 1.807) is 48.5 Å². The molecule has 0 amide bonds. The summed E-state index contributed by atoms with van der Waals surface area (Å²) in [5.74, 6) is -0.162. The van der Waals surface area contributed by atoms with Crippen LogP contribution in [0, 0.1) is 0 Å². The van der Waals surface area contributed by atoms with Gasteiger partial charge in [-0.15, -0.1) is 11.5 Å². The average molecular weight is 378 g/mol. The van der Waals surface area contributed by atoms with Crippen LogP contribution in [0.15, 0.2) is 82.8 Å². The van der Waals surface area contributed by atoms with Crippen molar-refractivity contribution in [2.75, 3.05) is 0 Å². The van der Waals surface area contributed by atoms with Gasteiger partial charge in [0.25, 0.3) is 0 Å². The summed E-state index contributed by atoms with van der Waals surface area (Å²) in [6.45, 7) is 0. The Kier molecular flexibility index (Phi) is 6.52. The molecule has 0 N–H and O–H groups in total. The first-order valence-electron chi connectivity index (χ1n) is 7.43. The fraction of sp³-hybridized carbons (Fsp3) is 0. The van der Waals surface area contributed by atoms with Gasteiger partial charge in [0.2, 0.25) is 0 Å². The van der Waals surface area contributed by atoms with Gasteiger partial charge in [-0.1, -0.05) is 60.7 Å².